The van der Waals surface area contributed by atoms with Gasteiger partial charge >= 0.3 is 0 Å². The van der Waals surface area contributed by atoms with E-state index >= 15 is 0 Å². The normalized spacial score (nSPS) is 16.5. The van der Waals surface area contributed by atoms with Crippen LogP contribution in [0.15, 0.2) is 35.5 Å². The molecular weight excluding hydrogens is 323 g/mol. The minimum atomic E-state index is -0.535. The quantitative estimate of drug-likeness (QED) is 0.832. The molecule has 0 aliphatic carbocycles. The Hall–Kier alpha value is -2.54. The number of nitrogens with zero attached hydrogens (tertiary/aromatic N) is 4. The molecule has 0 radical (unpaired) electrons. The molecule has 2 aliphatic rings. The zero-order valence-corrected chi connectivity index (χ0v) is 13.8. The van der Waals surface area contributed by atoms with E-state index in [-0.39, 0.29) is 6.61 Å². The monoisotopic (exact) mass is 342 g/mol. The van der Waals surface area contributed by atoms with Crippen molar-refractivity contribution in [3.63, 3.8) is 0 Å². The third-order valence-corrected chi connectivity index (χ3v) is 4.27. The number of anilines is 1. The summed E-state index contributed by atoms with van der Waals surface area (Å²) in [5.74, 6) is 1.34. The molecule has 0 N–H and O–H groups in total. The predicted molar refractivity (Wildman–Crippen MR) is 92.3 cm³/mol. The van der Waals surface area contributed by atoms with E-state index < -0.39 is 6.67 Å². The maximum Gasteiger partial charge on any atom is 0.213 e. The maximum absolute atomic E-state index is 12.3. The van der Waals surface area contributed by atoms with Crippen LogP contribution in [-0.2, 0) is 11.3 Å². The number of pyridine rings is 2. The minimum Gasteiger partial charge on any atom is -0.475 e. The SMILES string of the molecule is FCCOc1ccc2c(n1)C(c1ccnc(N3CCOCC3)c1)=NC2. The van der Waals surface area contributed by atoms with Crippen LogP contribution in [0.4, 0.5) is 10.2 Å². The van der Waals surface area contributed by atoms with Crippen molar-refractivity contribution >= 4 is 11.5 Å². The van der Waals surface area contributed by atoms with E-state index in [1.54, 1.807) is 12.3 Å². The van der Waals surface area contributed by atoms with E-state index in [1.807, 2.05) is 18.2 Å². The fraction of sp³-hybridized carbons (Fsp3) is 0.389. The van der Waals surface area contributed by atoms with E-state index in [1.165, 1.54) is 0 Å². The highest BCUT2D eigenvalue weighted by Crippen LogP contribution is 2.25. The molecule has 7 heteroatoms. The number of aromatic nitrogens is 2. The Morgan fingerprint density at radius 3 is 2.92 bits per heavy atom. The van der Waals surface area contributed by atoms with Crippen molar-refractivity contribution in [2.45, 2.75) is 6.54 Å². The molecule has 2 aliphatic heterocycles. The van der Waals surface area contributed by atoms with Crippen molar-refractivity contribution < 1.29 is 13.9 Å². The van der Waals surface area contributed by atoms with Gasteiger partial charge < -0.3 is 14.4 Å². The van der Waals surface area contributed by atoms with Crippen LogP contribution in [0.2, 0.25) is 0 Å². The second kappa shape index (κ2) is 7.14. The van der Waals surface area contributed by atoms with Gasteiger partial charge in [0.1, 0.15) is 19.1 Å². The first kappa shape index (κ1) is 16.0. The Morgan fingerprint density at radius 1 is 1.20 bits per heavy atom. The summed E-state index contributed by atoms with van der Waals surface area (Å²) in [4.78, 5) is 15.8. The number of morpholine rings is 1. The molecule has 0 aromatic carbocycles. The van der Waals surface area contributed by atoms with Gasteiger partial charge in [-0.2, -0.15) is 0 Å². The van der Waals surface area contributed by atoms with Crippen molar-refractivity contribution in [3.8, 4) is 5.88 Å². The van der Waals surface area contributed by atoms with E-state index in [0.29, 0.717) is 25.6 Å². The molecule has 4 rings (SSSR count). The Balaban J connectivity index is 1.61. The lowest BCUT2D eigenvalue weighted by molar-refractivity contribution is 0.122. The number of rotatable bonds is 5. The highest BCUT2D eigenvalue weighted by Gasteiger charge is 2.21. The molecule has 0 unspecified atom stereocenters. The lowest BCUT2D eigenvalue weighted by Crippen LogP contribution is -2.36. The Kier molecular flexibility index (Phi) is 4.56. The molecule has 1 fully saturated rings. The summed E-state index contributed by atoms with van der Waals surface area (Å²) < 4.78 is 23.0. The first-order valence-corrected chi connectivity index (χ1v) is 8.38. The van der Waals surface area contributed by atoms with E-state index in [0.717, 1.165) is 41.4 Å². The second-order valence-electron chi connectivity index (χ2n) is 5.86. The summed E-state index contributed by atoms with van der Waals surface area (Å²) in [6, 6.07) is 7.68. The minimum absolute atomic E-state index is 0.00863. The first-order chi connectivity index (χ1) is 12.3. The second-order valence-corrected chi connectivity index (χ2v) is 5.86. The standard InChI is InChI=1S/C18H19FN4O2/c19-4-8-25-16-2-1-14-12-21-17(18(14)22-16)13-3-5-20-15(11-13)23-6-9-24-10-7-23/h1-3,5,11H,4,6-10,12H2. The van der Waals surface area contributed by atoms with Crippen LogP contribution in [0.5, 0.6) is 5.88 Å². The van der Waals surface area contributed by atoms with Gasteiger partial charge in [-0.1, -0.05) is 0 Å². The molecule has 0 saturated carbocycles. The zero-order chi connectivity index (χ0) is 17.1. The van der Waals surface area contributed by atoms with Gasteiger partial charge in [0.15, 0.2) is 0 Å². The lowest BCUT2D eigenvalue weighted by Gasteiger charge is -2.28. The molecule has 2 aromatic heterocycles. The van der Waals surface area contributed by atoms with Crippen LogP contribution < -0.4 is 9.64 Å². The number of halogens is 1. The largest absolute Gasteiger partial charge is 0.475 e. The highest BCUT2D eigenvalue weighted by atomic mass is 19.1. The van der Waals surface area contributed by atoms with Crippen molar-refractivity contribution in [2.75, 3.05) is 44.5 Å². The summed E-state index contributed by atoms with van der Waals surface area (Å²) >= 11 is 0. The summed E-state index contributed by atoms with van der Waals surface area (Å²) in [6.07, 6.45) is 1.80. The van der Waals surface area contributed by atoms with Crippen LogP contribution in [-0.4, -0.2) is 55.3 Å². The summed E-state index contributed by atoms with van der Waals surface area (Å²) in [7, 11) is 0. The maximum atomic E-state index is 12.3. The molecule has 0 amide bonds. The van der Waals surface area contributed by atoms with E-state index in [2.05, 4.69) is 19.9 Å². The topological polar surface area (TPSA) is 59.8 Å². The molecule has 2 aromatic rings. The van der Waals surface area contributed by atoms with Crippen molar-refractivity contribution in [2.24, 2.45) is 4.99 Å². The molecule has 4 heterocycles. The molecule has 6 nitrogen and oxygen atoms in total. The molecule has 0 atom stereocenters. The van der Waals surface area contributed by atoms with Gasteiger partial charge in [-0.25, -0.2) is 14.4 Å². The first-order valence-electron chi connectivity index (χ1n) is 8.38. The van der Waals surface area contributed by atoms with Gasteiger partial charge in [0.05, 0.1) is 31.2 Å². The molecule has 25 heavy (non-hydrogen) atoms. The third-order valence-electron chi connectivity index (χ3n) is 4.27. The van der Waals surface area contributed by atoms with Crippen LogP contribution in [0.1, 0.15) is 16.8 Å². The van der Waals surface area contributed by atoms with Crippen molar-refractivity contribution in [1.29, 1.82) is 0 Å². The third kappa shape index (κ3) is 3.32. The van der Waals surface area contributed by atoms with Crippen molar-refractivity contribution in [3.05, 3.63) is 47.3 Å². The van der Waals surface area contributed by atoms with E-state index in [9.17, 15) is 4.39 Å². The summed E-state index contributed by atoms with van der Waals surface area (Å²) in [5, 5.41) is 0. The van der Waals surface area contributed by atoms with Gasteiger partial charge in [-0.15, -0.1) is 0 Å². The Labute approximate surface area is 145 Å². The van der Waals surface area contributed by atoms with Gasteiger partial charge in [0.2, 0.25) is 5.88 Å². The smallest absolute Gasteiger partial charge is 0.213 e. The number of alkyl halides is 1. The number of aliphatic imine (C=N–C) groups is 1. The van der Waals surface area contributed by atoms with Gasteiger partial charge in [0, 0.05) is 36.5 Å². The highest BCUT2D eigenvalue weighted by molar-refractivity contribution is 6.14. The number of hydrogen-bond donors (Lipinski definition) is 0. The molecule has 0 spiro atoms. The number of ether oxygens (including phenoxy) is 2. The molecule has 1 saturated heterocycles. The van der Waals surface area contributed by atoms with E-state index in [4.69, 9.17) is 9.47 Å². The average molecular weight is 342 g/mol. The summed E-state index contributed by atoms with van der Waals surface area (Å²) in [5.41, 5.74) is 3.66. The van der Waals surface area contributed by atoms with Crippen molar-refractivity contribution in [1.82, 2.24) is 9.97 Å². The van der Waals surface area contributed by atoms with Gasteiger partial charge in [-0.05, 0) is 18.2 Å². The Bertz CT molecular complexity index is 790. The van der Waals surface area contributed by atoms with Gasteiger partial charge in [0.25, 0.3) is 0 Å². The number of fused-ring (bicyclic) bond motifs is 1. The van der Waals surface area contributed by atoms with Crippen LogP contribution in [0.3, 0.4) is 0 Å². The fourth-order valence-electron chi connectivity index (χ4n) is 3.02. The van der Waals surface area contributed by atoms with Crippen LogP contribution >= 0.6 is 0 Å². The fourth-order valence-corrected chi connectivity index (χ4v) is 3.02. The average Bonchev–Trinajstić information content (AvgIpc) is 3.10. The Morgan fingerprint density at radius 2 is 2.08 bits per heavy atom. The zero-order valence-electron chi connectivity index (χ0n) is 13.8. The number of hydrogen-bond acceptors (Lipinski definition) is 6. The van der Waals surface area contributed by atoms with Crippen LogP contribution in [0, 0.1) is 0 Å². The lowest BCUT2D eigenvalue weighted by atomic mass is 10.1. The molecule has 130 valence electrons. The molecule has 0 bridgehead atoms. The summed E-state index contributed by atoms with van der Waals surface area (Å²) in [6.45, 7) is 3.16. The predicted octanol–water partition coefficient (Wildman–Crippen LogP) is 2.01. The van der Waals surface area contributed by atoms with Crippen LogP contribution in [0.25, 0.3) is 0 Å². The van der Waals surface area contributed by atoms with Gasteiger partial charge in [-0.3, -0.25) is 4.99 Å². The molecular formula is C18H19FN4O2.